The Hall–Kier alpha value is -4.36. The van der Waals surface area contributed by atoms with Gasteiger partial charge in [-0.15, -0.1) is 0 Å². The van der Waals surface area contributed by atoms with E-state index in [1.165, 1.54) is 12.3 Å². The van der Waals surface area contributed by atoms with Crippen molar-refractivity contribution in [1.82, 2.24) is 4.98 Å². The van der Waals surface area contributed by atoms with E-state index in [1.54, 1.807) is 20.3 Å². The van der Waals surface area contributed by atoms with Gasteiger partial charge in [0.25, 0.3) is 0 Å². The Kier molecular flexibility index (Phi) is 6.75. The van der Waals surface area contributed by atoms with E-state index in [0.717, 1.165) is 28.2 Å². The molecule has 4 rings (SSSR count). The fourth-order valence-corrected chi connectivity index (χ4v) is 3.71. The van der Waals surface area contributed by atoms with Crippen LogP contribution >= 0.6 is 0 Å². The van der Waals surface area contributed by atoms with Crippen molar-refractivity contribution in [2.24, 2.45) is 0 Å². The fraction of sp³-hybridized carbons (Fsp3) is 0.111. The molecule has 0 spiro atoms. The van der Waals surface area contributed by atoms with Gasteiger partial charge in [0.05, 0.1) is 19.8 Å². The number of carboxylic acid groups (broad SMARTS) is 1. The molecule has 34 heavy (non-hydrogen) atoms. The highest BCUT2D eigenvalue weighted by Gasteiger charge is 2.39. The van der Waals surface area contributed by atoms with Gasteiger partial charge in [-0.25, -0.2) is 15.3 Å². The van der Waals surface area contributed by atoms with Gasteiger partial charge < -0.3 is 14.6 Å². The van der Waals surface area contributed by atoms with E-state index in [0.29, 0.717) is 5.82 Å². The van der Waals surface area contributed by atoms with Crippen LogP contribution in [0.15, 0.2) is 97.2 Å². The Bertz CT molecular complexity index is 1180. The molecule has 0 amide bonds. The summed E-state index contributed by atoms with van der Waals surface area (Å²) < 4.78 is 10.7. The number of carboxylic acids is 1. The second-order valence-electron chi connectivity index (χ2n) is 7.45. The van der Waals surface area contributed by atoms with Gasteiger partial charge in [-0.3, -0.25) is 4.84 Å². The normalized spacial score (nSPS) is 11.0. The minimum Gasteiger partial charge on any atom is -0.497 e. The third kappa shape index (κ3) is 4.55. The lowest BCUT2D eigenvalue weighted by molar-refractivity contribution is 0.0549. The molecule has 172 valence electrons. The van der Waals surface area contributed by atoms with E-state index in [9.17, 15) is 4.79 Å². The number of rotatable bonds is 9. The Morgan fingerprint density at radius 1 is 0.765 bits per heavy atom. The minimum absolute atomic E-state index is 0.0881. The number of hydrogen-bond acceptors (Lipinski definition) is 6. The van der Waals surface area contributed by atoms with E-state index < -0.39 is 11.6 Å². The van der Waals surface area contributed by atoms with Crippen molar-refractivity contribution in [2.45, 2.75) is 5.60 Å². The molecular weight excluding hydrogens is 432 g/mol. The van der Waals surface area contributed by atoms with Crippen LogP contribution in [0.1, 0.15) is 27.0 Å². The first-order chi connectivity index (χ1) is 16.6. The molecule has 0 unspecified atom stereocenters. The molecule has 0 bridgehead atoms. The summed E-state index contributed by atoms with van der Waals surface area (Å²) in [4.78, 5) is 21.8. The Balaban J connectivity index is 1.84. The van der Waals surface area contributed by atoms with Crippen LogP contribution in [-0.4, -0.2) is 30.3 Å². The van der Waals surface area contributed by atoms with Crippen LogP contribution in [0.4, 0.5) is 5.82 Å². The summed E-state index contributed by atoms with van der Waals surface area (Å²) in [6.45, 7) is 0. The second-order valence-corrected chi connectivity index (χ2v) is 7.45. The third-order valence-electron chi connectivity index (χ3n) is 5.49. The zero-order chi connectivity index (χ0) is 24.0. The molecule has 0 saturated heterocycles. The SMILES string of the molecule is COc1ccc(C(ONc2ccc(C(=O)O)cn2)(c2ccccc2)c2ccc(OC)cc2)cc1. The van der Waals surface area contributed by atoms with Crippen molar-refractivity contribution < 1.29 is 24.2 Å². The molecule has 1 heterocycles. The van der Waals surface area contributed by atoms with Crippen molar-refractivity contribution in [1.29, 1.82) is 0 Å². The number of aromatic carboxylic acids is 1. The summed E-state index contributed by atoms with van der Waals surface area (Å²) >= 11 is 0. The number of methoxy groups -OCH3 is 2. The molecular formula is C27H24N2O5. The van der Waals surface area contributed by atoms with Crippen molar-refractivity contribution in [3.63, 3.8) is 0 Å². The van der Waals surface area contributed by atoms with Gasteiger partial charge in [0.1, 0.15) is 17.3 Å². The molecule has 0 saturated carbocycles. The fourth-order valence-electron chi connectivity index (χ4n) is 3.71. The van der Waals surface area contributed by atoms with Gasteiger partial charge in [0.15, 0.2) is 5.60 Å². The van der Waals surface area contributed by atoms with E-state index in [4.69, 9.17) is 19.4 Å². The highest BCUT2D eigenvalue weighted by molar-refractivity contribution is 5.87. The number of ether oxygens (including phenoxy) is 2. The maximum absolute atomic E-state index is 11.2. The smallest absolute Gasteiger partial charge is 0.337 e. The summed E-state index contributed by atoms with van der Waals surface area (Å²) in [7, 11) is 3.24. The number of hydrogen-bond donors (Lipinski definition) is 2. The van der Waals surface area contributed by atoms with E-state index in [-0.39, 0.29) is 5.56 Å². The predicted octanol–water partition coefficient (Wildman–Crippen LogP) is 5.13. The van der Waals surface area contributed by atoms with E-state index in [2.05, 4.69) is 10.5 Å². The van der Waals surface area contributed by atoms with Crippen molar-refractivity contribution in [2.75, 3.05) is 19.7 Å². The first-order valence-corrected chi connectivity index (χ1v) is 10.5. The maximum Gasteiger partial charge on any atom is 0.337 e. The van der Waals surface area contributed by atoms with Crippen molar-refractivity contribution in [3.05, 3.63) is 119 Å². The molecule has 0 fully saturated rings. The molecule has 2 N–H and O–H groups in total. The van der Waals surface area contributed by atoms with Crippen molar-refractivity contribution in [3.8, 4) is 11.5 Å². The Morgan fingerprint density at radius 2 is 1.29 bits per heavy atom. The van der Waals surface area contributed by atoms with Crippen LogP contribution < -0.4 is 15.0 Å². The third-order valence-corrected chi connectivity index (χ3v) is 5.49. The topological polar surface area (TPSA) is 89.9 Å². The van der Waals surface area contributed by atoms with Gasteiger partial charge >= 0.3 is 5.97 Å². The van der Waals surface area contributed by atoms with Gasteiger partial charge in [0, 0.05) is 6.20 Å². The van der Waals surface area contributed by atoms with Crippen molar-refractivity contribution >= 4 is 11.8 Å². The molecule has 0 atom stereocenters. The lowest BCUT2D eigenvalue weighted by Crippen LogP contribution is -2.35. The zero-order valence-electron chi connectivity index (χ0n) is 18.8. The lowest BCUT2D eigenvalue weighted by Gasteiger charge is -2.35. The number of carbonyl (C=O) groups is 1. The summed E-state index contributed by atoms with van der Waals surface area (Å²) in [6.07, 6.45) is 1.28. The number of nitrogens with zero attached hydrogens (tertiary/aromatic N) is 1. The minimum atomic E-state index is -1.08. The molecule has 0 aliphatic heterocycles. The number of aromatic nitrogens is 1. The average Bonchev–Trinajstić information content (AvgIpc) is 2.90. The first-order valence-electron chi connectivity index (χ1n) is 10.5. The molecule has 0 radical (unpaired) electrons. The Morgan fingerprint density at radius 3 is 1.74 bits per heavy atom. The first kappa shape index (κ1) is 22.8. The van der Waals surface area contributed by atoms with Gasteiger partial charge in [-0.05, 0) is 53.1 Å². The van der Waals surface area contributed by atoms with Gasteiger partial charge in [-0.2, -0.15) is 0 Å². The molecule has 4 aromatic rings. The highest BCUT2D eigenvalue weighted by Crippen LogP contribution is 2.41. The monoisotopic (exact) mass is 456 g/mol. The highest BCUT2D eigenvalue weighted by atomic mass is 16.7. The average molecular weight is 456 g/mol. The number of anilines is 1. The molecule has 0 aliphatic carbocycles. The van der Waals surface area contributed by atoms with Crippen LogP contribution in [0.3, 0.4) is 0 Å². The molecule has 7 heteroatoms. The number of pyridine rings is 1. The van der Waals surface area contributed by atoms with Crippen LogP contribution in [0.5, 0.6) is 11.5 Å². The number of benzene rings is 3. The molecule has 7 nitrogen and oxygen atoms in total. The number of nitrogens with one attached hydrogen (secondary N) is 1. The van der Waals surface area contributed by atoms with Gasteiger partial charge in [-0.1, -0.05) is 54.6 Å². The molecule has 1 aromatic heterocycles. The molecule has 3 aromatic carbocycles. The second kappa shape index (κ2) is 10.1. The summed E-state index contributed by atoms with van der Waals surface area (Å²) in [5.74, 6) is 0.765. The quantitative estimate of drug-likeness (QED) is 0.266. The standard InChI is InChI=1S/C27H24N2O5/c1-32-23-13-9-21(10-14-23)27(20-6-4-3-5-7-20,22-11-15-24(33-2)16-12-22)34-29-25-17-8-19(18-28-25)26(30)31/h3-18H,1-2H3,(H,28,29)(H,30,31). The van der Waals surface area contributed by atoms with Crippen LogP contribution in [-0.2, 0) is 10.4 Å². The Labute approximate surface area is 197 Å². The molecule has 0 aliphatic rings. The van der Waals surface area contributed by atoms with Gasteiger partial charge in [0.2, 0.25) is 0 Å². The lowest BCUT2D eigenvalue weighted by atomic mass is 9.80. The predicted molar refractivity (Wildman–Crippen MR) is 128 cm³/mol. The largest absolute Gasteiger partial charge is 0.497 e. The van der Waals surface area contributed by atoms with E-state index in [1.807, 2.05) is 78.9 Å². The summed E-state index contributed by atoms with van der Waals surface area (Å²) in [5.41, 5.74) is 4.52. The summed E-state index contributed by atoms with van der Waals surface area (Å²) in [6, 6.07) is 28.1. The van der Waals surface area contributed by atoms with Crippen LogP contribution in [0.2, 0.25) is 0 Å². The van der Waals surface area contributed by atoms with E-state index >= 15 is 0 Å². The van der Waals surface area contributed by atoms with Crippen LogP contribution in [0.25, 0.3) is 0 Å². The maximum atomic E-state index is 11.2. The van der Waals surface area contributed by atoms with Crippen LogP contribution in [0, 0.1) is 0 Å². The summed E-state index contributed by atoms with van der Waals surface area (Å²) in [5, 5.41) is 9.15. The zero-order valence-corrected chi connectivity index (χ0v) is 18.8.